The van der Waals surface area contributed by atoms with Gasteiger partial charge in [0.1, 0.15) is 12.3 Å². The molecule has 0 radical (unpaired) electrons. The topological polar surface area (TPSA) is 76.8 Å². The summed E-state index contributed by atoms with van der Waals surface area (Å²) < 4.78 is 6.66. The molecular formula is C30H24N4O3. The lowest BCUT2D eigenvalue weighted by molar-refractivity contribution is -0.133. The first-order valence-corrected chi connectivity index (χ1v) is 12.1. The van der Waals surface area contributed by atoms with Crippen molar-refractivity contribution >= 4 is 33.3 Å². The highest BCUT2D eigenvalue weighted by Gasteiger charge is 2.33. The van der Waals surface area contributed by atoms with E-state index in [0.29, 0.717) is 17.3 Å². The Balaban J connectivity index is 1.37. The lowest BCUT2D eigenvalue weighted by atomic mass is 9.97. The maximum Gasteiger partial charge on any atom is 0.263 e. The van der Waals surface area contributed by atoms with Crippen molar-refractivity contribution in [3.05, 3.63) is 119 Å². The Kier molecular flexibility index (Phi) is 5.73. The fourth-order valence-electron chi connectivity index (χ4n) is 4.81. The van der Waals surface area contributed by atoms with Crippen LogP contribution in [0.4, 0.5) is 0 Å². The van der Waals surface area contributed by atoms with E-state index in [1.165, 1.54) is 15.9 Å². The molecule has 1 amide bonds. The molecule has 182 valence electrons. The van der Waals surface area contributed by atoms with E-state index in [1.54, 1.807) is 25.3 Å². The second-order valence-corrected chi connectivity index (χ2v) is 9.03. The number of hydrazone groups is 1. The van der Waals surface area contributed by atoms with E-state index in [1.807, 2.05) is 48.5 Å². The summed E-state index contributed by atoms with van der Waals surface area (Å²) in [5, 5.41) is 9.03. The van der Waals surface area contributed by atoms with Crippen molar-refractivity contribution in [1.29, 1.82) is 0 Å². The molecule has 2 heterocycles. The van der Waals surface area contributed by atoms with Crippen molar-refractivity contribution in [3.8, 4) is 5.75 Å². The number of aromatic nitrogens is 2. The summed E-state index contributed by atoms with van der Waals surface area (Å²) in [7, 11) is 1.62. The molecule has 7 heteroatoms. The Morgan fingerprint density at radius 2 is 1.70 bits per heavy atom. The van der Waals surface area contributed by atoms with Gasteiger partial charge in [0.05, 0.1) is 36.1 Å². The fraction of sp³-hybridized carbons (Fsp3) is 0.133. The highest BCUT2D eigenvalue weighted by molar-refractivity contribution is 6.05. The molecule has 0 saturated heterocycles. The van der Waals surface area contributed by atoms with Crippen LogP contribution in [0.15, 0.2) is 107 Å². The van der Waals surface area contributed by atoms with Gasteiger partial charge in [0.25, 0.3) is 11.5 Å². The molecule has 1 unspecified atom stereocenters. The van der Waals surface area contributed by atoms with Crippen molar-refractivity contribution in [1.82, 2.24) is 14.6 Å². The van der Waals surface area contributed by atoms with Crippen LogP contribution >= 0.6 is 0 Å². The summed E-state index contributed by atoms with van der Waals surface area (Å²) in [6.45, 7) is -0.155. The molecule has 1 atom stereocenters. The smallest absolute Gasteiger partial charge is 0.263 e. The molecule has 0 fully saturated rings. The van der Waals surface area contributed by atoms with E-state index in [9.17, 15) is 9.59 Å². The number of hydrogen-bond acceptors (Lipinski definition) is 5. The minimum Gasteiger partial charge on any atom is -0.497 e. The molecule has 0 aliphatic carbocycles. The van der Waals surface area contributed by atoms with Crippen LogP contribution in [0.2, 0.25) is 0 Å². The number of para-hydroxylation sites is 1. The molecular weight excluding hydrogens is 464 g/mol. The van der Waals surface area contributed by atoms with E-state index in [0.717, 1.165) is 33.4 Å². The van der Waals surface area contributed by atoms with Crippen LogP contribution in [-0.4, -0.2) is 33.3 Å². The van der Waals surface area contributed by atoms with Gasteiger partial charge in [0, 0.05) is 6.42 Å². The summed E-state index contributed by atoms with van der Waals surface area (Å²) in [4.78, 5) is 31.0. The van der Waals surface area contributed by atoms with E-state index < -0.39 is 0 Å². The predicted molar refractivity (Wildman–Crippen MR) is 144 cm³/mol. The Morgan fingerprint density at radius 3 is 2.51 bits per heavy atom. The molecule has 37 heavy (non-hydrogen) atoms. The van der Waals surface area contributed by atoms with Crippen molar-refractivity contribution < 1.29 is 9.53 Å². The largest absolute Gasteiger partial charge is 0.497 e. The zero-order chi connectivity index (χ0) is 25.4. The number of ether oxygens (including phenoxy) is 1. The van der Waals surface area contributed by atoms with E-state index in [4.69, 9.17) is 9.84 Å². The van der Waals surface area contributed by atoms with Crippen LogP contribution < -0.4 is 10.3 Å². The van der Waals surface area contributed by atoms with Gasteiger partial charge in [-0.15, -0.1) is 0 Å². The monoisotopic (exact) mass is 488 g/mol. The minimum absolute atomic E-state index is 0.155. The first kappa shape index (κ1) is 22.7. The average Bonchev–Trinajstić information content (AvgIpc) is 3.40. The third-order valence-electron chi connectivity index (χ3n) is 6.79. The quantitative estimate of drug-likeness (QED) is 0.351. The number of carbonyl (C=O) groups excluding carboxylic acids is 1. The second kappa shape index (κ2) is 9.35. The summed E-state index contributed by atoms with van der Waals surface area (Å²) >= 11 is 0. The average molecular weight is 489 g/mol. The van der Waals surface area contributed by atoms with Crippen LogP contribution in [0, 0.1) is 0 Å². The van der Waals surface area contributed by atoms with Gasteiger partial charge in [-0.25, -0.2) is 9.99 Å². The molecule has 4 aromatic carbocycles. The van der Waals surface area contributed by atoms with Gasteiger partial charge >= 0.3 is 0 Å². The number of methoxy groups -OCH3 is 1. The Bertz CT molecular complexity index is 1720. The maximum absolute atomic E-state index is 13.6. The molecule has 1 aliphatic rings. The molecule has 1 aromatic heterocycles. The minimum atomic E-state index is -0.302. The van der Waals surface area contributed by atoms with Crippen LogP contribution in [-0.2, 0) is 11.3 Å². The van der Waals surface area contributed by atoms with E-state index >= 15 is 0 Å². The van der Waals surface area contributed by atoms with Gasteiger partial charge in [-0.3, -0.25) is 14.2 Å². The molecule has 0 saturated carbocycles. The summed E-state index contributed by atoms with van der Waals surface area (Å²) in [6, 6.07) is 28.8. The summed E-state index contributed by atoms with van der Waals surface area (Å²) in [5.41, 5.74) is 3.08. The van der Waals surface area contributed by atoms with Gasteiger partial charge in [0.15, 0.2) is 0 Å². The van der Waals surface area contributed by atoms with Crippen LogP contribution in [0.3, 0.4) is 0 Å². The SMILES string of the molecule is COc1ccc(C2CC(c3ccc4ccccc4c3)=NN2C(=O)Cn2cnc3ccccc3c2=O)cc1. The fourth-order valence-corrected chi connectivity index (χ4v) is 4.81. The summed E-state index contributed by atoms with van der Waals surface area (Å²) in [5.74, 6) is 0.458. The first-order valence-electron chi connectivity index (χ1n) is 12.1. The molecule has 5 aromatic rings. The van der Waals surface area contributed by atoms with E-state index in [-0.39, 0.29) is 24.1 Å². The molecule has 1 aliphatic heterocycles. The van der Waals surface area contributed by atoms with Crippen LogP contribution in [0.5, 0.6) is 5.75 Å². The van der Waals surface area contributed by atoms with Crippen molar-refractivity contribution in [2.24, 2.45) is 5.10 Å². The number of benzene rings is 4. The first-order chi connectivity index (χ1) is 18.1. The van der Waals surface area contributed by atoms with Gasteiger partial charge in [-0.05, 0) is 52.2 Å². The number of amides is 1. The number of rotatable bonds is 5. The molecule has 7 nitrogen and oxygen atoms in total. The van der Waals surface area contributed by atoms with Gasteiger partial charge in [0.2, 0.25) is 0 Å². The predicted octanol–water partition coefficient (Wildman–Crippen LogP) is 4.94. The van der Waals surface area contributed by atoms with Gasteiger partial charge in [-0.2, -0.15) is 5.10 Å². The van der Waals surface area contributed by atoms with Crippen LogP contribution in [0.25, 0.3) is 21.7 Å². The molecule has 0 spiro atoms. The van der Waals surface area contributed by atoms with Crippen molar-refractivity contribution in [2.75, 3.05) is 7.11 Å². The number of fused-ring (bicyclic) bond motifs is 2. The third kappa shape index (κ3) is 4.25. The molecule has 6 rings (SSSR count). The normalized spacial score (nSPS) is 15.2. The van der Waals surface area contributed by atoms with Gasteiger partial charge in [-0.1, -0.05) is 60.7 Å². The Morgan fingerprint density at radius 1 is 0.946 bits per heavy atom. The number of nitrogens with zero attached hydrogens (tertiary/aromatic N) is 4. The zero-order valence-electron chi connectivity index (χ0n) is 20.2. The lowest BCUT2D eigenvalue weighted by Gasteiger charge is -2.22. The highest BCUT2D eigenvalue weighted by atomic mass is 16.5. The van der Waals surface area contributed by atoms with Gasteiger partial charge < -0.3 is 4.74 Å². The van der Waals surface area contributed by atoms with Crippen LogP contribution in [0.1, 0.15) is 23.6 Å². The molecule has 0 N–H and O–H groups in total. The Labute approximate surface area is 213 Å². The highest BCUT2D eigenvalue weighted by Crippen LogP contribution is 2.34. The standard InChI is InChI=1S/C30H24N4O3/c1-37-24-14-12-21(13-15-24)28-17-27(23-11-10-20-6-2-3-7-22(20)16-23)32-34(28)29(35)18-33-19-31-26-9-5-4-8-25(26)30(33)36/h2-16,19,28H,17-18H2,1H3. The zero-order valence-corrected chi connectivity index (χ0v) is 20.2. The number of carbonyl (C=O) groups is 1. The second-order valence-electron chi connectivity index (χ2n) is 9.03. The number of hydrogen-bond donors (Lipinski definition) is 0. The maximum atomic E-state index is 13.6. The van der Waals surface area contributed by atoms with Crippen molar-refractivity contribution in [3.63, 3.8) is 0 Å². The summed E-state index contributed by atoms with van der Waals surface area (Å²) in [6.07, 6.45) is 1.98. The lowest BCUT2D eigenvalue weighted by Crippen LogP contribution is -2.34. The third-order valence-corrected chi connectivity index (χ3v) is 6.79. The van der Waals surface area contributed by atoms with Crippen molar-refractivity contribution in [2.45, 2.75) is 19.0 Å². The van der Waals surface area contributed by atoms with E-state index in [2.05, 4.69) is 29.2 Å². The molecule has 0 bridgehead atoms. The Hall–Kier alpha value is -4.78.